The summed E-state index contributed by atoms with van der Waals surface area (Å²) in [6.45, 7) is 18.3. The van der Waals surface area contributed by atoms with Crippen molar-refractivity contribution in [3.05, 3.63) is 47.7 Å². The van der Waals surface area contributed by atoms with Gasteiger partial charge in [0.25, 0.3) is 0 Å². The molecule has 0 unspecified atom stereocenters. The van der Waals surface area contributed by atoms with Crippen LogP contribution in [0.5, 0.6) is 0 Å². The first-order chi connectivity index (χ1) is 58.2. The maximum Gasteiger partial charge on any atom is 0.410 e. The van der Waals surface area contributed by atoms with Gasteiger partial charge in [-0.15, -0.1) is 0 Å². The maximum absolute atomic E-state index is 15.2. The molecule has 1 heterocycles. The molecule has 0 spiro atoms. The number of para-hydroxylation sites is 1. The molecule has 0 fully saturated rings. The second-order valence-electron chi connectivity index (χ2n) is 34.2. The first kappa shape index (κ1) is 110. The van der Waals surface area contributed by atoms with Crippen LogP contribution in [0.1, 0.15) is 223 Å². The van der Waals surface area contributed by atoms with Crippen LogP contribution in [0.15, 0.2) is 42.1 Å². The van der Waals surface area contributed by atoms with Crippen molar-refractivity contribution in [2.45, 2.75) is 277 Å². The Morgan fingerprint density at radius 2 is 0.714 bits per heavy atom. The fourth-order valence-corrected chi connectivity index (χ4v) is 14.0. The summed E-state index contributed by atoms with van der Waals surface area (Å²) in [5.74, 6) is -36.1. The third-order valence-corrected chi connectivity index (χ3v) is 21.0. The second-order valence-corrected chi connectivity index (χ2v) is 34.2. The van der Waals surface area contributed by atoms with Gasteiger partial charge in [-0.2, -0.15) is 0 Å². The zero-order valence-electron chi connectivity index (χ0n) is 73.2. The quantitative estimate of drug-likeness (QED) is 0.0412. The molecule has 0 saturated heterocycles. The Balaban J connectivity index is 2.68. The fraction of sp³-hybridized carbons (Fsp3) is 0.619. The van der Waals surface area contributed by atoms with Crippen LogP contribution in [0.25, 0.3) is 10.9 Å². The van der Waals surface area contributed by atoms with E-state index in [-0.39, 0.29) is 5.57 Å². The van der Waals surface area contributed by atoms with E-state index in [9.17, 15) is 142 Å². The summed E-state index contributed by atoms with van der Waals surface area (Å²) < 4.78 is 7.64. The highest BCUT2D eigenvalue weighted by Gasteiger charge is 2.48. The molecule has 42 heteroatoms. The van der Waals surface area contributed by atoms with E-state index in [1.807, 2.05) is 47.4 Å². The molecule has 2 aromatic rings. The minimum absolute atomic E-state index is 0.158. The molecule has 2 rings (SSSR count). The lowest BCUT2D eigenvalue weighted by molar-refractivity contribution is -0.145. The molecule has 12 atom stereocenters. The third-order valence-electron chi connectivity index (χ3n) is 21.0. The van der Waals surface area contributed by atoms with Crippen molar-refractivity contribution >= 4 is 141 Å². The third kappa shape index (κ3) is 37.5. The number of hydrogen-bond acceptors (Lipinski definition) is 23. The van der Waals surface area contributed by atoms with Gasteiger partial charge >= 0.3 is 65.8 Å². The monoisotopic (exact) mass is 1780 g/mol. The molecule has 0 aliphatic heterocycles. The van der Waals surface area contributed by atoms with Crippen molar-refractivity contribution in [3.63, 3.8) is 0 Å². The number of nitrogens with zero attached hydrogens (tertiary/aromatic N) is 3. The minimum atomic E-state index is -2.04. The number of carboxylic acid groups (broad SMARTS) is 10. The molecule has 1 aromatic carbocycles. The molecule has 1 aromatic heterocycles. The van der Waals surface area contributed by atoms with Crippen LogP contribution >= 0.6 is 0 Å². The normalized spacial score (nSPS) is 14.6. The molecule has 8 amide bonds. The van der Waals surface area contributed by atoms with E-state index in [0.717, 1.165) is 10.9 Å². The lowest BCUT2D eigenvalue weighted by atomic mass is 9.76. The van der Waals surface area contributed by atoms with Crippen molar-refractivity contribution in [3.8, 4) is 0 Å². The lowest BCUT2D eigenvalue weighted by Crippen LogP contribution is -2.63. The average Bonchev–Trinajstić information content (AvgIpc) is 1.57. The first-order valence-corrected chi connectivity index (χ1v) is 40.8. The highest BCUT2D eigenvalue weighted by molar-refractivity contribution is 6.01. The Kier molecular flexibility index (Phi) is 43.8. The Hall–Kier alpha value is -12.6. The molecule has 0 radical (unpaired) electrons. The number of aromatic nitrogens is 1. The second kappa shape index (κ2) is 50.4. The number of nitrogens with one attached hydrogen (secondary N) is 6. The number of amides is 8. The summed E-state index contributed by atoms with van der Waals surface area (Å²) in [5, 5.41) is 111. The van der Waals surface area contributed by atoms with Crippen molar-refractivity contribution < 1.29 is 161 Å². The van der Waals surface area contributed by atoms with Crippen LogP contribution in [-0.2, 0) is 118 Å². The predicted molar refractivity (Wildman–Crippen MR) is 442 cm³/mol. The first-order valence-electron chi connectivity index (χ1n) is 40.8. The number of fused-ring (bicyclic) bond motifs is 1. The summed E-state index contributed by atoms with van der Waals surface area (Å²) >= 11 is 0. The minimum Gasteiger partial charge on any atom is -0.481 e. The van der Waals surface area contributed by atoms with Crippen molar-refractivity contribution in [1.29, 1.82) is 0 Å². The molecule has 700 valence electrons. The molecule has 0 bridgehead atoms. The van der Waals surface area contributed by atoms with Gasteiger partial charge in [0, 0.05) is 156 Å². The molecule has 126 heavy (non-hydrogen) atoms. The summed E-state index contributed by atoms with van der Waals surface area (Å²) in [4.78, 5) is 295. The van der Waals surface area contributed by atoms with Gasteiger partial charge in [-0.25, -0.2) is 9.59 Å². The fourth-order valence-electron chi connectivity index (χ4n) is 14.0. The number of ketones is 4. The van der Waals surface area contributed by atoms with E-state index in [0.29, 0.717) is 5.56 Å². The lowest BCUT2D eigenvalue weighted by Gasteiger charge is -2.42. The molecular formula is C84H121N9O33. The summed E-state index contributed by atoms with van der Waals surface area (Å²) in [7, 11) is 4.66. The number of carboxylic acids is 10. The van der Waals surface area contributed by atoms with Gasteiger partial charge in [-0.05, 0) is 108 Å². The van der Waals surface area contributed by atoms with Gasteiger partial charge in [0.05, 0.1) is 30.2 Å². The van der Waals surface area contributed by atoms with Gasteiger partial charge in [-0.1, -0.05) is 72.7 Å². The van der Waals surface area contributed by atoms with Crippen LogP contribution < -0.4 is 31.9 Å². The number of rotatable bonds is 59. The molecule has 0 aliphatic rings. The number of benzene rings is 1. The van der Waals surface area contributed by atoms with E-state index >= 15 is 9.59 Å². The molecule has 16 N–H and O–H groups in total. The number of hydrogen-bond donors (Lipinski definition) is 16. The Labute approximate surface area is 726 Å². The van der Waals surface area contributed by atoms with Crippen molar-refractivity contribution in [2.24, 2.45) is 42.1 Å². The number of ether oxygens (including phenoxy) is 1. The molecule has 0 saturated carbocycles. The zero-order valence-corrected chi connectivity index (χ0v) is 73.2. The van der Waals surface area contributed by atoms with E-state index in [1.54, 1.807) is 69.2 Å². The number of aryl methyl sites for hydroxylation is 1. The van der Waals surface area contributed by atoms with Gasteiger partial charge in [0.1, 0.15) is 23.7 Å². The number of aliphatic carboxylic acids is 10. The standard InChI is InChI=1S/C84H121N9O33/c1-43(2)57(92(13)79(122)71(82(4,5)6)90-78(121)72(93(14)81(125)126-83(7,8)9)84(10,11)50-42-91(12)56-18-16-15-17-49(50)56)37-44(3)73(116)85-51(23-32-66(106)107)58(94)38-45(19-28-62(98)99)74(117)86-52(24-33-67(108)109)59(95)39-46(20-29-63(100)101)75(118)87-53(25-34-68(110)111)60(96)40-47(21-30-64(102)103)76(119)88-54(26-35-69(112)113)61(97)41-48(22-31-65(104)105)77(120)89-55(80(123)124)27-36-70(114)115/h15-18,37,42-43,45-48,51-55,57,71-72H,19-36,38-41H2,1-14H3,(H,85,116)(H,86,117)(H,87,118)(H,88,119)(H,89,120)(H,90,121)(H,98,99)(H,100,101)(H,102,103)(H,104,105)(H,106,107)(H,108,109)(H,110,111)(H,112,113)(H,114,115)(H,123,124)/b44-37+/t45-,46-,47-,48-,51+,52+,53+,54+,55+,57-,71-,72-/m1/s1. The van der Waals surface area contributed by atoms with Gasteiger partial charge in [0.15, 0.2) is 23.1 Å². The molecule has 0 aliphatic carbocycles. The smallest absolute Gasteiger partial charge is 0.410 e. The van der Waals surface area contributed by atoms with Crippen LogP contribution in [0.4, 0.5) is 4.79 Å². The Morgan fingerprint density at radius 1 is 0.413 bits per heavy atom. The molecular weight excluding hydrogens is 1660 g/mol. The Bertz CT molecular complexity index is 4380. The SMILES string of the molecule is C/C(=C\[C@H](C(C)C)N(C)C(=O)[C@@H](NC(=O)[C@@H](N(C)C(=O)OC(C)(C)C)C(C)(C)c1cn(C)c2ccccc12)C(C)(C)C)C(=O)N[C@@H](CCC(=O)O)C(=O)C[C@@H](CCC(=O)O)C(=O)N[C@@H](CCC(=O)O)C(=O)C[C@@H](CCC(=O)O)C(=O)N[C@@H](CCC(=O)O)C(=O)C[C@@H](CCC(=O)O)C(=O)N[C@@H](CCC(=O)O)C(=O)C[C@@H](CCC(=O)O)C(=O)N[C@@H](CCC(=O)O)C(=O)O. The number of Topliss-reactive ketones (excluding diaryl/α,β-unsaturated/α-hetero) is 4. The highest BCUT2D eigenvalue weighted by Crippen LogP contribution is 2.38. The van der Waals surface area contributed by atoms with E-state index in [4.69, 9.17) is 9.84 Å². The summed E-state index contributed by atoms with van der Waals surface area (Å²) in [6, 6.07) is -5.87. The zero-order chi connectivity index (χ0) is 96.5. The van der Waals surface area contributed by atoms with Crippen LogP contribution in [0, 0.1) is 35.0 Å². The van der Waals surface area contributed by atoms with Gasteiger partial charge in [-0.3, -0.25) is 101 Å². The summed E-state index contributed by atoms with van der Waals surface area (Å²) in [5.41, 5.74) is -1.88. The number of likely N-dealkylation sites (N-methyl/N-ethyl adjacent to an activating group) is 2. The van der Waals surface area contributed by atoms with E-state index in [1.165, 1.54) is 36.9 Å². The number of carbonyl (C=O) groups excluding carboxylic acids is 12. The van der Waals surface area contributed by atoms with E-state index < -0.39 is 366 Å². The predicted octanol–water partition coefficient (Wildman–Crippen LogP) is 4.24. The number of carbonyl (C=O) groups is 22. The maximum atomic E-state index is 15.2. The van der Waals surface area contributed by atoms with Crippen LogP contribution in [0.3, 0.4) is 0 Å². The topological polar surface area (TPSA) is 671 Å². The van der Waals surface area contributed by atoms with Gasteiger partial charge in [0.2, 0.25) is 41.4 Å². The summed E-state index contributed by atoms with van der Waals surface area (Å²) in [6.07, 6.45) is -16.8. The highest BCUT2D eigenvalue weighted by atomic mass is 16.6. The van der Waals surface area contributed by atoms with Crippen molar-refractivity contribution in [2.75, 3.05) is 14.1 Å². The van der Waals surface area contributed by atoms with Crippen LogP contribution in [0.2, 0.25) is 0 Å². The van der Waals surface area contributed by atoms with Crippen LogP contribution in [-0.4, -0.2) is 264 Å². The Morgan fingerprint density at radius 3 is 1.02 bits per heavy atom. The van der Waals surface area contributed by atoms with E-state index in [2.05, 4.69) is 26.6 Å². The van der Waals surface area contributed by atoms with Gasteiger partial charge < -0.3 is 97.2 Å². The largest absolute Gasteiger partial charge is 0.481 e. The van der Waals surface area contributed by atoms with Crippen molar-refractivity contribution in [1.82, 2.24) is 46.3 Å². The average molecular weight is 1780 g/mol. The molecule has 42 nitrogen and oxygen atoms in total.